The van der Waals surface area contributed by atoms with Gasteiger partial charge in [0, 0.05) is 12.8 Å². The van der Waals surface area contributed by atoms with E-state index in [1.165, 1.54) is 0 Å². The van der Waals surface area contributed by atoms with Gasteiger partial charge in [-0.3, -0.25) is 18.7 Å². The molecular formula is C15H30O8P2. The van der Waals surface area contributed by atoms with E-state index < -0.39 is 15.2 Å². The second-order valence-corrected chi connectivity index (χ2v) is 9.25. The molecule has 0 aliphatic heterocycles. The standard InChI is InChI=1S/C15H30O8P2/c1-5-20-24(18,21-6-2)12-14(16)10-9-11-15(17)13-25(19,22-7-3)23-8-4/h5-13H2,1-4H3. The highest BCUT2D eigenvalue weighted by molar-refractivity contribution is 7.55. The minimum absolute atomic E-state index is 0.0729. The maximum absolute atomic E-state index is 12.2. The van der Waals surface area contributed by atoms with E-state index in [0.29, 0.717) is 0 Å². The highest BCUT2D eigenvalue weighted by Gasteiger charge is 2.29. The van der Waals surface area contributed by atoms with Gasteiger partial charge in [0.2, 0.25) is 0 Å². The lowest BCUT2D eigenvalue weighted by Crippen LogP contribution is -2.12. The molecule has 0 aliphatic carbocycles. The highest BCUT2D eigenvalue weighted by Crippen LogP contribution is 2.49. The van der Waals surface area contributed by atoms with Crippen molar-refractivity contribution in [1.82, 2.24) is 0 Å². The van der Waals surface area contributed by atoms with Crippen molar-refractivity contribution in [2.45, 2.75) is 47.0 Å². The molecule has 0 spiro atoms. The van der Waals surface area contributed by atoms with Crippen molar-refractivity contribution >= 4 is 26.8 Å². The Hall–Kier alpha value is -0.360. The second kappa shape index (κ2) is 12.9. The molecule has 0 heterocycles. The first-order chi connectivity index (χ1) is 11.7. The lowest BCUT2D eigenvalue weighted by atomic mass is 10.1. The molecule has 0 atom stereocenters. The SMILES string of the molecule is CCOP(=O)(CC(=O)CCCC(=O)CP(=O)(OCC)OCC)OCC. The highest BCUT2D eigenvalue weighted by atomic mass is 31.2. The van der Waals surface area contributed by atoms with E-state index in [2.05, 4.69) is 0 Å². The van der Waals surface area contributed by atoms with Crippen molar-refractivity contribution in [3.05, 3.63) is 0 Å². The van der Waals surface area contributed by atoms with Gasteiger partial charge in [0.05, 0.1) is 26.4 Å². The summed E-state index contributed by atoms with van der Waals surface area (Å²) in [4.78, 5) is 23.9. The number of ketones is 2. The summed E-state index contributed by atoms with van der Waals surface area (Å²) in [7, 11) is -6.82. The van der Waals surface area contributed by atoms with Crippen LogP contribution in [0.1, 0.15) is 47.0 Å². The zero-order valence-corrected chi connectivity index (χ0v) is 17.3. The van der Waals surface area contributed by atoms with Gasteiger partial charge in [0.15, 0.2) is 0 Å². The van der Waals surface area contributed by atoms with Crippen LogP contribution in [0.25, 0.3) is 0 Å². The van der Waals surface area contributed by atoms with Crippen LogP contribution in [-0.4, -0.2) is 50.3 Å². The monoisotopic (exact) mass is 400 g/mol. The fourth-order valence-electron chi connectivity index (χ4n) is 2.12. The average molecular weight is 400 g/mol. The van der Waals surface area contributed by atoms with Crippen LogP contribution >= 0.6 is 15.2 Å². The minimum atomic E-state index is -3.41. The van der Waals surface area contributed by atoms with Crippen LogP contribution in [0.15, 0.2) is 0 Å². The first-order valence-electron chi connectivity index (χ1n) is 8.53. The van der Waals surface area contributed by atoms with E-state index in [0.717, 1.165) is 0 Å². The topological polar surface area (TPSA) is 105 Å². The largest absolute Gasteiger partial charge is 0.338 e. The van der Waals surface area contributed by atoms with Crippen LogP contribution < -0.4 is 0 Å². The van der Waals surface area contributed by atoms with Crippen LogP contribution in [0.5, 0.6) is 0 Å². The lowest BCUT2D eigenvalue weighted by Gasteiger charge is -2.16. The Labute approximate surface area is 150 Å². The van der Waals surface area contributed by atoms with Gasteiger partial charge in [-0.25, -0.2) is 0 Å². The molecule has 0 saturated carbocycles. The van der Waals surface area contributed by atoms with Gasteiger partial charge in [-0.15, -0.1) is 0 Å². The third-order valence-electron chi connectivity index (χ3n) is 2.95. The van der Waals surface area contributed by atoms with Crippen molar-refractivity contribution in [3.8, 4) is 0 Å². The molecule has 0 fully saturated rings. The summed E-state index contributed by atoms with van der Waals surface area (Å²) in [6, 6.07) is 0. The Morgan fingerprint density at radius 3 is 1.16 bits per heavy atom. The molecule has 0 aromatic carbocycles. The molecule has 0 aromatic heterocycles. The van der Waals surface area contributed by atoms with Gasteiger partial charge in [-0.05, 0) is 34.1 Å². The van der Waals surface area contributed by atoms with Crippen LogP contribution in [0.2, 0.25) is 0 Å². The number of carbonyl (C=O) groups excluding carboxylic acids is 2. The van der Waals surface area contributed by atoms with Crippen LogP contribution in [0, 0.1) is 0 Å². The molecule has 0 N–H and O–H groups in total. The summed E-state index contributed by atoms with van der Waals surface area (Å²) >= 11 is 0. The Morgan fingerprint density at radius 1 is 0.640 bits per heavy atom. The normalized spacial score (nSPS) is 12.3. The average Bonchev–Trinajstić information content (AvgIpc) is 2.47. The third-order valence-corrected chi connectivity index (χ3v) is 7.04. The zero-order chi connectivity index (χ0) is 19.3. The van der Waals surface area contributed by atoms with Crippen molar-refractivity contribution in [2.24, 2.45) is 0 Å². The van der Waals surface area contributed by atoms with Gasteiger partial charge in [-0.1, -0.05) is 0 Å². The minimum Gasteiger partial charge on any atom is -0.309 e. The quantitative estimate of drug-likeness (QED) is 0.360. The summed E-state index contributed by atoms with van der Waals surface area (Å²) < 4.78 is 44.8. The molecule has 0 amide bonds. The van der Waals surface area contributed by atoms with Gasteiger partial charge < -0.3 is 18.1 Å². The van der Waals surface area contributed by atoms with E-state index in [-0.39, 0.29) is 69.6 Å². The van der Waals surface area contributed by atoms with Crippen molar-refractivity contribution in [1.29, 1.82) is 0 Å². The third kappa shape index (κ3) is 11.1. The number of Topliss-reactive ketones (excluding diaryl/α,β-unsaturated/α-hetero) is 2. The van der Waals surface area contributed by atoms with Gasteiger partial charge in [-0.2, -0.15) is 0 Å². The number of carbonyl (C=O) groups is 2. The van der Waals surface area contributed by atoms with Crippen LogP contribution in [-0.2, 0) is 36.8 Å². The van der Waals surface area contributed by atoms with Gasteiger partial charge in [0.25, 0.3) is 0 Å². The predicted molar refractivity (Wildman–Crippen MR) is 95.3 cm³/mol. The maximum Gasteiger partial charge on any atom is 0.338 e. The number of hydrogen-bond acceptors (Lipinski definition) is 8. The van der Waals surface area contributed by atoms with E-state index in [4.69, 9.17) is 18.1 Å². The summed E-state index contributed by atoms with van der Waals surface area (Å²) in [5.74, 6) is -0.591. The summed E-state index contributed by atoms with van der Waals surface area (Å²) in [6.07, 6.45) is -0.195. The van der Waals surface area contributed by atoms with Crippen LogP contribution in [0.4, 0.5) is 0 Å². The molecule has 10 heteroatoms. The second-order valence-electron chi connectivity index (χ2n) is 5.14. The Bertz CT molecular complexity index is 442. The summed E-state index contributed by atoms with van der Waals surface area (Å²) in [6.45, 7) is 7.43. The van der Waals surface area contributed by atoms with E-state index in [9.17, 15) is 18.7 Å². The zero-order valence-electron chi connectivity index (χ0n) is 15.5. The molecule has 0 bridgehead atoms. The van der Waals surface area contributed by atoms with E-state index in [1.54, 1.807) is 27.7 Å². The van der Waals surface area contributed by atoms with Crippen molar-refractivity contribution in [2.75, 3.05) is 38.8 Å². The fraction of sp³-hybridized carbons (Fsp3) is 0.867. The maximum atomic E-state index is 12.2. The molecular weight excluding hydrogens is 370 g/mol. The molecule has 0 aliphatic rings. The Morgan fingerprint density at radius 2 is 0.920 bits per heavy atom. The smallest absolute Gasteiger partial charge is 0.309 e. The lowest BCUT2D eigenvalue weighted by molar-refractivity contribution is -0.118. The first-order valence-corrected chi connectivity index (χ1v) is 12.0. The number of rotatable bonds is 16. The molecule has 25 heavy (non-hydrogen) atoms. The summed E-state index contributed by atoms with van der Waals surface area (Å²) in [5, 5.41) is 0. The predicted octanol–water partition coefficient (Wildman–Crippen LogP) is 3.83. The molecule has 0 saturated heterocycles. The van der Waals surface area contributed by atoms with Crippen molar-refractivity contribution in [3.63, 3.8) is 0 Å². The molecule has 0 rings (SSSR count). The Kier molecular flexibility index (Phi) is 12.7. The summed E-state index contributed by atoms with van der Waals surface area (Å²) in [5.41, 5.74) is 0. The van der Waals surface area contributed by atoms with Gasteiger partial charge >= 0.3 is 15.2 Å². The molecule has 0 aromatic rings. The van der Waals surface area contributed by atoms with Gasteiger partial charge in [0.1, 0.15) is 23.9 Å². The van der Waals surface area contributed by atoms with E-state index >= 15 is 0 Å². The molecule has 0 unspecified atom stereocenters. The fourth-order valence-corrected chi connectivity index (χ4v) is 5.38. The van der Waals surface area contributed by atoms with Crippen LogP contribution in [0.3, 0.4) is 0 Å². The molecule has 8 nitrogen and oxygen atoms in total. The Balaban J connectivity index is 4.36. The molecule has 148 valence electrons. The molecule has 0 radical (unpaired) electrons. The number of hydrogen-bond donors (Lipinski definition) is 0. The van der Waals surface area contributed by atoms with E-state index in [1.807, 2.05) is 0 Å². The van der Waals surface area contributed by atoms with Crippen molar-refractivity contribution < 1.29 is 36.8 Å². The first kappa shape index (κ1) is 24.6.